The predicted molar refractivity (Wildman–Crippen MR) is 200 cm³/mol. The van der Waals surface area contributed by atoms with E-state index in [4.69, 9.17) is 26.2 Å². The highest BCUT2D eigenvalue weighted by molar-refractivity contribution is 6.16. The molecule has 4 heteroatoms. The second-order valence-corrected chi connectivity index (χ2v) is 11.7. The fourth-order valence-electron chi connectivity index (χ4n) is 6.27. The molecule has 0 spiro atoms. The molecule has 0 amide bonds. The zero-order valence-corrected chi connectivity index (χ0v) is 26.1. The van der Waals surface area contributed by atoms with Crippen molar-refractivity contribution in [1.82, 2.24) is 15.0 Å². The van der Waals surface area contributed by atoms with E-state index in [-0.39, 0.29) is 17.6 Å². The van der Waals surface area contributed by atoms with Gasteiger partial charge in [-0.05, 0) is 46.0 Å². The third kappa shape index (κ3) is 5.35. The van der Waals surface area contributed by atoms with Crippen LogP contribution in [0.15, 0.2) is 180 Å². The van der Waals surface area contributed by atoms with Crippen molar-refractivity contribution >= 4 is 21.9 Å². The summed E-state index contributed by atoms with van der Waals surface area (Å²) >= 11 is 0. The zero-order chi connectivity index (χ0) is 36.9. The van der Waals surface area contributed by atoms with Gasteiger partial charge < -0.3 is 4.42 Å². The molecule has 2 aromatic heterocycles. The van der Waals surface area contributed by atoms with Crippen LogP contribution in [0.5, 0.6) is 0 Å². The van der Waals surface area contributed by atoms with Crippen molar-refractivity contribution in [2.75, 3.05) is 0 Å². The van der Waals surface area contributed by atoms with Crippen LogP contribution in [0.25, 0.3) is 89.5 Å². The third-order valence-electron chi connectivity index (χ3n) is 8.63. The van der Waals surface area contributed by atoms with Crippen molar-refractivity contribution in [2.24, 2.45) is 0 Å². The number of hydrogen-bond acceptors (Lipinski definition) is 4. The average molecular weight is 633 g/mol. The Bertz CT molecular complexity index is 2780. The highest BCUT2D eigenvalue weighted by Gasteiger charge is 2.21. The van der Waals surface area contributed by atoms with Gasteiger partial charge in [-0.2, -0.15) is 0 Å². The Morgan fingerprint density at radius 2 is 0.939 bits per heavy atom. The van der Waals surface area contributed by atoms with E-state index < -0.39 is 18.1 Å². The molecule has 0 aliphatic heterocycles. The summed E-state index contributed by atoms with van der Waals surface area (Å²) in [7, 11) is 0. The van der Waals surface area contributed by atoms with Crippen LogP contribution in [0.4, 0.5) is 0 Å². The van der Waals surface area contributed by atoms with Gasteiger partial charge in [0, 0.05) is 33.0 Å². The van der Waals surface area contributed by atoms with E-state index >= 15 is 0 Å². The first-order chi connectivity index (χ1) is 26.4. The minimum atomic E-state index is -0.456. The predicted octanol–water partition coefficient (Wildman–Crippen LogP) is 11.8. The van der Waals surface area contributed by atoms with Crippen LogP contribution in [0.1, 0.15) is 6.85 Å². The first-order valence-corrected chi connectivity index (χ1v) is 16.0. The van der Waals surface area contributed by atoms with Gasteiger partial charge in [0.05, 0.1) is 6.85 Å². The Kier molecular flexibility index (Phi) is 5.87. The van der Waals surface area contributed by atoms with E-state index in [1.165, 1.54) is 0 Å². The lowest BCUT2D eigenvalue weighted by atomic mass is 9.94. The first kappa shape index (κ1) is 23.6. The lowest BCUT2D eigenvalue weighted by molar-refractivity contribution is 0.670. The fourth-order valence-corrected chi connectivity index (χ4v) is 6.27. The van der Waals surface area contributed by atoms with Crippen LogP contribution in [0.3, 0.4) is 0 Å². The summed E-state index contributed by atoms with van der Waals surface area (Å²) in [6.07, 6.45) is 0. The number of furan rings is 1. The molecule has 49 heavy (non-hydrogen) atoms. The quantitative estimate of drug-likeness (QED) is 0.183. The topological polar surface area (TPSA) is 51.8 Å². The van der Waals surface area contributed by atoms with E-state index in [9.17, 15) is 0 Å². The summed E-state index contributed by atoms with van der Waals surface area (Å²) in [6.45, 7) is 0. The van der Waals surface area contributed by atoms with Crippen LogP contribution in [-0.2, 0) is 0 Å². The van der Waals surface area contributed by atoms with Gasteiger partial charge in [0.2, 0.25) is 0 Å². The molecule has 0 unspecified atom stereocenters. The van der Waals surface area contributed by atoms with Gasteiger partial charge in [-0.25, -0.2) is 15.0 Å². The smallest absolute Gasteiger partial charge is 0.164 e. The molecule has 0 saturated heterocycles. The number of rotatable bonds is 6. The molecule has 0 atom stereocenters. The van der Waals surface area contributed by atoms with Gasteiger partial charge in [-0.15, -0.1) is 0 Å². The van der Waals surface area contributed by atoms with Gasteiger partial charge in [-0.3, -0.25) is 0 Å². The van der Waals surface area contributed by atoms with Gasteiger partial charge >= 0.3 is 0 Å². The minimum Gasteiger partial charge on any atom is -0.455 e. The molecule has 0 saturated carbocycles. The number of fused-ring (bicyclic) bond motifs is 3. The van der Waals surface area contributed by atoms with Crippen molar-refractivity contribution in [3.63, 3.8) is 0 Å². The highest BCUT2D eigenvalue weighted by atomic mass is 16.3. The van der Waals surface area contributed by atoms with Crippen LogP contribution in [0.2, 0.25) is 0 Å². The van der Waals surface area contributed by atoms with Gasteiger partial charge in [-0.1, -0.05) is 158 Å². The summed E-state index contributed by atoms with van der Waals surface area (Å²) in [6, 6.07) is 45.4. The summed E-state index contributed by atoms with van der Waals surface area (Å²) in [5, 5.41) is 1.42. The van der Waals surface area contributed by atoms with E-state index in [0.29, 0.717) is 45.2 Å². The van der Waals surface area contributed by atoms with E-state index in [2.05, 4.69) is 24.3 Å². The number of hydrogen-bond donors (Lipinski definition) is 0. The Hall–Kier alpha value is -6.65. The molecule has 4 nitrogen and oxygen atoms in total. The van der Waals surface area contributed by atoms with E-state index in [1.807, 2.05) is 121 Å². The van der Waals surface area contributed by atoms with Crippen LogP contribution < -0.4 is 0 Å². The summed E-state index contributed by atoms with van der Waals surface area (Å²) in [4.78, 5) is 14.9. The molecule has 0 aliphatic carbocycles. The fraction of sp³-hybridized carbons (Fsp3) is 0. The third-order valence-corrected chi connectivity index (χ3v) is 8.63. The Morgan fingerprint density at radius 1 is 0.408 bits per heavy atom. The summed E-state index contributed by atoms with van der Waals surface area (Å²) in [5.74, 6) is 1.48. The monoisotopic (exact) mass is 632 g/mol. The lowest BCUT2D eigenvalue weighted by Crippen LogP contribution is -2.00. The Labute approximate surface area is 291 Å². The standard InChI is InChI=1S/C45H29N3O/c1-5-14-30(15-6-1)31-24-26-32(27-25-31)36-28-38(33-16-7-2-8-17-33)42-39(29-36)41-37(22-13-23-40(41)49-42)45-47-43(34-18-9-3-10-19-34)46-44(48-45)35-20-11-4-12-21-35/h1-29H/i2D,7D,8D,16D,17D. The van der Waals surface area contributed by atoms with Crippen LogP contribution in [-0.4, -0.2) is 15.0 Å². The van der Waals surface area contributed by atoms with Crippen molar-refractivity contribution in [2.45, 2.75) is 0 Å². The molecule has 0 radical (unpaired) electrons. The van der Waals surface area contributed by atoms with Crippen molar-refractivity contribution in [3.8, 4) is 67.5 Å². The van der Waals surface area contributed by atoms with Crippen LogP contribution in [0, 0.1) is 0 Å². The van der Waals surface area contributed by atoms with E-state index in [0.717, 1.165) is 38.8 Å². The molecule has 0 fully saturated rings. The lowest BCUT2D eigenvalue weighted by Gasteiger charge is -2.10. The van der Waals surface area contributed by atoms with Crippen molar-refractivity contribution in [1.29, 1.82) is 0 Å². The van der Waals surface area contributed by atoms with Crippen molar-refractivity contribution in [3.05, 3.63) is 176 Å². The second-order valence-electron chi connectivity index (χ2n) is 11.7. The maximum absolute atomic E-state index is 8.93. The number of aromatic nitrogens is 3. The maximum Gasteiger partial charge on any atom is 0.164 e. The van der Waals surface area contributed by atoms with Crippen LogP contribution >= 0.6 is 0 Å². The zero-order valence-electron chi connectivity index (χ0n) is 31.1. The minimum absolute atomic E-state index is 0.0623. The molecule has 0 bridgehead atoms. The first-order valence-electron chi connectivity index (χ1n) is 18.5. The molecule has 0 N–H and O–H groups in total. The second kappa shape index (κ2) is 12.2. The Balaban J connectivity index is 1.33. The molecule has 230 valence electrons. The van der Waals surface area contributed by atoms with Crippen molar-refractivity contribution < 1.29 is 11.3 Å². The molecule has 9 rings (SSSR count). The number of nitrogens with zero attached hydrogens (tertiary/aromatic N) is 3. The average Bonchev–Trinajstić information content (AvgIpc) is 3.62. The molecule has 0 aliphatic rings. The summed E-state index contributed by atoms with van der Waals surface area (Å²) < 4.78 is 49.7. The largest absolute Gasteiger partial charge is 0.455 e. The molecule has 7 aromatic carbocycles. The normalized spacial score (nSPS) is 12.7. The van der Waals surface area contributed by atoms with Gasteiger partial charge in [0.25, 0.3) is 0 Å². The van der Waals surface area contributed by atoms with E-state index in [1.54, 1.807) is 0 Å². The van der Waals surface area contributed by atoms with Gasteiger partial charge in [0.15, 0.2) is 17.5 Å². The Morgan fingerprint density at radius 3 is 1.55 bits per heavy atom. The maximum atomic E-state index is 8.93. The van der Waals surface area contributed by atoms with Gasteiger partial charge in [0.1, 0.15) is 11.2 Å². The molecule has 9 aromatic rings. The molecule has 2 heterocycles. The highest BCUT2D eigenvalue weighted by Crippen LogP contribution is 2.43. The number of benzene rings is 7. The molecular formula is C45H29N3O. The molecular weight excluding hydrogens is 599 g/mol. The SMILES string of the molecule is [2H]c1c([2H])c([2H])c(-c2cc(-c3ccc(-c4ccccc4)cc3)cc3c2oc2cccc(-c4nc(-c5ccccc5)nc(-c5ccccc5)n4)c23)c([2H])c1[2H]. The summed E-state index contributed by atoms with van der Waals surface area (Å²) in [5.41, 5.74) is 7.57.